The number of nitrogens with one attached hydrogen (secondary N) is 1. The molecule has 0 aliphatic carbocycles. The van der Waals surface area contributed by atoms with Gasteiger partial charge in [-0.3, -0.25) is 10.2 Å². The summed E-state index contributed by atoms with van der Waals surface area (Å²) in [7, 11) is 0. The van der Waals surface area contributed by atoms with Crippen molar-refractivity contribution in [2.75, 3.05) is 33.0 Å². The molecule has 0 unspecified atom stereocenters. The molecule has 0 amide bonds. The summed E-state index contributed by atoms with van der Waals surface area (Å²) >= 11 is 0. The summed E-state index contributed by atoms with van der Waals surface area (Å²) in [5.74, 6) is -0.481. The van der Waals surface area contributed by atoms with E-state index in [1.165, 1.54) is 6.07 Å². The van der Waals surface area contributed by atoms with E-state index < -0.39 is 18.0 Å². The highest BCUT2D eigenvalue weighted by Crippen LogP contribution is 2.40. The van der Waals surface area contributed by atoms with Crippen molar-refractivity contribution in [3.8, 4) is 29.3 Å². The van der Waals surface area contributed by atoms with Crippen LogP contribution in [-0.4, -0.2) is 70.5 Å². The smallest absolute Gasteiger partial charge is 0.341 e. The van der Waals surface area contributed by atoms with Crippen LogP contribution in [0.4, 0.5) is 0 Å². The largest absolute Gasteiger partial charge is 0.490 e. The number of amidine groups is 1. The third-order valence-corrected chi connectivity index (χ3v) is 5.90. The highest BCUT2D eigenvalue weighted by molar-refractivity contribution is 6.04. The average molecular weight is 554 g/mol. The second kappa shape index (κ2) is 13.1. The number of aliphatic carboxylic acids is 1. The number of carboxylic acids is 1. The molecule has 0 bridgehead atoms. The molecule has 12 heteroatoms. The summed E-state index contributed by atoms with van der Waals surface area (Å²) in [6.45, 7) is 9.78. The van der Waals surface area contributed by atoms with E-state index >= 15 is 0 Å². The van der Waals surface area contributed by atoms with Crippen LogP contribution in [0.3, 0.4) is 0 Å². The predicted molar refractivity (Wildman–Crippen MR) is 145 cm³/mol. The maximum atomic E-state index is 13.6. The van der Waals surface area contributed by atoms with Crippen molar-refractivity contribution in [2.24, 2.45) is 0 Å². The Hall–Kier alpha value is -4.40. The van der Waals surface area contributed by atoms with E-state index in [2.05, 4.69) is 16.0 Å². The van der Waals surface area contributed by atoms with Crippen molar-refractivity contribution in [2.45, 2.75) is 59.4 Å². The van der Waals surface area contributed by atoms with Crippen molar-refractivity contribution in [1.29, 1.82) is 10.7 Å². The molecular weight excluding hydrogens is 518 g/mol. The van der Waals surface area contributed by atoms with Gasteiger partial charge in [0.25, 0.3) is 11.8 Å². The Labute approximate surface area is 233 Å². The summed E-state index contributed by atoms with van der Waals surface area (Å²) in [5.41, 5.74) is 1.23. The Balaban J connectivity index is 1.93. The normalized spacial score (nSPS) is 12.5. The van der Waals surface area contributed by atoms with Crippen LogP contribution in [0.5, 0.6) is 23.3 Å². The first kappa shape index (κ1) is 30.1. The van der Waals surface area contributed by atoms with Gasteiger partial charge in [0.2, 0.25) is 0 Å². The van der Waals surface area contributed by atoms with E-state index in [0.29, 0.717) is 42.1 Å². The number of fused-ring (bicyclic) bond motifs is 1. The van der Waals surface area contributed by atoms with E-state index in [9.17, 15) is 14.7 Å². The average Bonchev–Trinajstić information content (AvgIpc) is 3.18. The van der Waals surface area contributed by atoms with Crippen LogP contribution in [0, 0.1) is 16.7 Å². The Bertz CT molecular complexity index is 1310. The number of ketones is 1. The van der Waals surface area contributed by atoms with Crippen molar-refractivity contribution in [3.05, 3.63) is 34.6 Å². The first-order valence-corrected chi connectivity index (χ1v) is 13.1. The molecule has 2 N–H and O–H groups in total. The molecule has 0 saturated heterocycles. The number of benzene rings is 1. The molecule has 2 aromatic rings. The molecule has 1 aliphatic rings. The maximum absolute atomic E-state index is 13.6. The molecule has 2 heterocycles. The Morgan fingerprint density at radius 2 is 1.77 bits per heavy atom. The fraction of sp³-hybridized carbons (Fsp3) is 0.500. The maximum Gasteiger partial charge on any atom is 0.341 e. The molecule has 12 nitrogen and oxygen atoms in total. The van der Waals surface area contributed by atoms with Gasteiger partial charge in [-0.05, 0) is 37.8 Å². The minimum Gasteiger partial charge on any atom is -0.490 e. The summed E-state index contributed by atoms with van der Waals surface area (Å²) < 4.78 is 22.6. The summed E-state index contributed by atoms with van der Waals surface area (Å²) in [4.78, 5) is 35.3. The number of unbranched alkanes of at least 4 members (excludes halogenated alkanes) is 1. The molecule has 214 valence electrons. The van der Waals surface area contributed by atoms with Crippen molar-refractivity contribution >= 4 is 17.6 Å². The number of hydrogen-bond donors (Lipinski definition) is 2. The van der Waals surface area contributed by atoms with E-state index in [4.69, 9.17) is 29.6 Å². The number of aromatic nitrogens is 2. The highest BCUT2D eigenvalue weighted by atomic mass is 16.5. The van der Waals surface area contributed by atoms with Gasteiger partial charge >= 0.3 is 5.97 Å². The number of nitriles is 1. The van der Waals surface area contributed by atoms with Gasteiger partial charge in [0, 0.05) is 17.5 Å². The first-order valence-electron chi connectivity index (χ1n) is 13.1. The molecule has 1 aromatic carbocycles. The van der Waals surface area contributed by atoms with Gasteiger partial charge in [-0.25, -0.2) is 14.8 Å². The number of rotatable bonds is 14. The lowest BCUT2D eigenvalue weighted by molar-refractivity contribution is -0.139. The predicted octanol–water partition coefficient (Wildman–Crippen LogP) is 3.74. The molecule has 3 rings (SSSR count). The van der Waals surface area contributed by atoms with E-state index in [-0.39, 0.29) is 61.0 Å². The van der Waals surface area contributed by atoms with E-state index in [1.807, 2.05) is 34.6 Å². The number of hydrogen-bond acceptors (Lipinski definition) is 10. The second-order valence-electron chi connectivity index (χ2n) is 10.0. The number of carbonyl (C=O) groups is 2. The van der Waals surface area contributed by atoms with Gasteiger partial charge in [0.05, 0.1) is 44.7 Å². The van der Waals surface area contributed by atoms with Crippen LogP contribution in [0.15, 0.2) is 12.1 Å². The van der Waals surface area contributed by atoms with Crippen LogP contribution in [0.1, 0.15) is 74.8 Å². The Morgan fingerprint density at radius 3 is 2.38 bits per heavy atom. The fourth-order valence-corrected chi connectivity index (χ4v) is 4.05. The number of carboxylic acid groups (broad SMARTS) is 1. The Kier molecular flexibility index (Phi) is 9.87. The van der Waals surface area contributed by atoms with E-state index in [0.717, 1.165) is 0 Å². The number of ether oxygens (including phenoxy) is 4. The fourth-order valence-electron chi connectivity index (χ4n) is 4.05. The summed E-state index contributed by atoms with van der Waals surface area (Å²) in [6.07, 6.45) is 0.736. The lowest BCUT2D eigenvalue weighted by Gasteiger charge is -2.26. The quantitative estimate of drug-likeness (QED) is 0.258. The molecule has 0 fully saturated rings. The van der Waals surface area contributed by atoms with Gasteiger partial charge < -0.3 is 29.0 Å². The van der Waals surface area contributed by atoms with Crippen LogP contribution in [-0.2, 0) is 16.8 Å². The SMILES string of the molecule is CCOc1nc2c(nc1OCC)C(=N)N(CC(=O)c1cc(OCCCC#N)c(OCC(=O)O)c(C(C)(C)C)c1)C2. The van der Waals surface area contributed by atoms with Crippen molar-refractivity contribution in [3.63, 3.8) is 0 Å². The lowest BCUT2D eigenvalue weighted by Crippen LogP contribution is -2.30. The lowest BCUT2D eigenvalue weighted by atomic mass is 9.84. The van der Waals surface area contributed by atoms with Crippen LogP contribution >= 0.6 is 0 Å². The molecule has 0 saturated carbocycles. The van der Waals surface area contributed by atoms with Gasteiger partial charge in [-0.1, -0.05) is 20.8 Å². The van der Waals surface area contributed by atoms with Crippen molar-refractivity contribution in [1.82, 2.24) is 14.9 Å². The summed E-state index contributed by atoms with van der Waals surface area (Å²) in [5, 5.41) is 26.7. The van der Waals surface area contributed by atoms with Gasteiger partial charge in [0.1, 0.15) is 11.5 Å². The van der Waals surface area contributed by atoms with Crippen LogP contribution < -0.4 is 18.9 Å². The number of Topliss-reactive ketones (excluding diaryl/α,β-unsaturated/α-hetero) is 1. The number of nitrogens with zero attached hydrogens (tertiary/aromatic N) is 4. The highest BCUT2D eigenvalue weighted by Gasteiger charge is 2.32. The molecule has 1 aliphatic heterocycles. The monoisotopic (exact) mass is 553 g/mol. The zero-order valence-electron chi connectivity index (χ0n) is 23.5. The molecule has 1 aromatic heterocycles. The number of carbonyl (C=O) groups excluding carboxylic acids is 1. The third-order valence-electron chi connectivity index (χ3n) is 5.90. The minimum absolute atomic E-state index is 0.0466. The molecule has 0 spiro atoms. The van der Waals surface area contributed by atoms with Gasteiger partial charge in [-0.15, -0.1) is 0 Å². The molecular formula is C28H35N5O7. The zero-order valence-corrected chi connectivity index (χ0v) is 23.5. The standard InChI is InChI=1S/C28H35N5O7/c1-6-37-26-27(38-7-2)32-23-19(31-26)14-33(25(23)30)15-20(34)17-12-18(28(3,4)5)24(40-16-22(35)36)21(13-17)39-11-9-8-10-29/h12-13,30H,6-9,11,14-16H2,1-5H3,(H,35,36). The van der Waals surface area contributed by atoms with Gasteiger partial charge in [0.15, 0.2) is 23.9 Å². The van der Waals surface area contributed by atoms with Crippen LogP contribution in [0.25, 0.3) is 0 Å². The topological polar surface area (TPSA) is 168 Å². The minimum atomic E-state index is -1.15. The summed E-state index contributed by atoms with van der Waals surface area (Å²) in [6, 6.07) is 5.24. The third kappa shape index (κ3) is 7.16. The molecule has 40 heavy (non-hydrogen) atoms. The second-order valence-corrected chi connectivity index (χ2v) is 10.0. The first-order chi connectivity index (χ1) is 19.0. The Morgan fingerprint density at radius 1 is 1.10 bits per heavy atom. The van der Waals surface area contributed by atoms with Gasteiger partial charge in [-0.2, -0.15) is 5.26 Å². The molecule has 0 atom stereocenters. The zero-order chi connectivity index (χ0) is 29.4. The van der Waals surface area contributed by atoms with Crippen LogP contribution in [0.2, 0.25) is 0 Å². The van der Waals surface area contributed by atoms with E-state index in [1.54, 1.807) is 11.0 Å². The molecule has 0 radical (unpaired) electrons. The van der Waals surface area contributed by atoms with Crippen molar-refractivity contribution < 1.29 is 33.6 Å².